The summed E-state index contributed by atoms with van der Waals surface area (Å²) in [7, 11) is 5.17. The standard InChI is InChI=1S/C20H26N2O3/c1-22(15-16-9-5-4-6-10-16)14-8-13-21-20(23)19-17(24-2)11-7-12-18(19)25-3/h4-7,9-12H,8,13-15H2,1-3H3,(H,21,23). The van der Waals surface area contributed by atoms with E-state index in [0.717, 1.165) is 19.5 Å². The van der Waals surface area contributed by atoms with E-state index in [-0.39, 0.29) is 5.91 Å². The number of nitrogens with zero attached hydrogens (tertiary/aromatic N) is 1. The number of carbonyl (C=O) groups is 1. The second-order valence-corrected chi connectivity index (χ2v) is 5.87. The molecule has 0 fully saturated rings. The Labute approximate surface area is 149 Å². The maximum absolute atomic E-state index is 12.5. The Kier molecular flexibility index (Phi) is 7.29. The van der Waals surface area contributed by atoms with E-state index in [1.165, 1.54) is 5.56 Å². The van der Waals surface area contributed by atoms with Crippen LogP contribution < -0.4 is 14.8 Å². The molecule has 0 heterocycles. The molecule has 134 valence electrons. The van der Waals surface area contributed by atoms with Crippen molar-refractivity contribution >= 4 is 5.91 Å². The highest BCUT2D eigenvalue weighted by Gasteiger charge is 2.17. The van der Waals surface area contributed by atoms with Crippen molar-refractivity contribution in [3.05, 3.63) is 59.7 Å². The molecule has 2 rings (SSSR count). The lowest BCUT2D eigenvalue weighted by molar-refractivity contribution is 0.0945. The van der Waals surface area contributed by atoms with Crippen LogP contribution in [0.15, 0.2) is 48.5 Å². The largest absolute Gasteiger partial charge is 0.496 e. The molecule has 0 aliphatic rings. The number of methoxy groups -OCH3 is 2. The summed E-state index contributed by atoms with van der Waals surface area (Å²) in [6.45, 7) is 2.40. The molecule has 0 bridgehead atoms. The van der Waals surface area contributed by atoms with Crippen LogP contribution in [-0.4, -0.2) is 45.2 Å². The maximum Gasteiger partial charge on any atom is 0.258 e. The molecule has 1 N–H and O–H groups in total. The minimum Gasteiger partial charge on any atom is -0.496 e. The average Bonchev–Trinajstić information content (AvgIpc) is 2.65. The van der Waals surface area contributed by atoms with Gasteiger partial charge in [0.25, 0.3) is 5.91 Å². The fraction of sp³-hybridized carbons (Fsp3) is 0.350. The van der Waals surface area contributed by atoms with Crippen LogP contribution in [0.25, 0.3) is 0 Å². The maximum atomic E-state index is 12.5. The van der Waals surface area contributed by atoms with Gasteiger partial charge in [-0.05, 0) is 37.7 Å². The third kappa shape index (κ3) is 5.50. The SMILES string of the molecule is COc1cccc(OC)c1C(=O)NCCCN(C)Cc1ccccc1. The predicted molar refractivity (Wildman–Crippen MR) is 99.3 cm³/mol. The number of benzene rings is 2. The minimum absolute atomic E-state index is 0.181. The van der Waals surface area contributed by atoms with Gasteiger partial charge in [-0.25, -0.2) is 0 Å². The first-order valence-corrected chi connectivity index (χ1v) is 8.37. The van der Waals surface area contributed by atoms with Gasteiger partial charge in [-0.3, -0.25) is 4.79 Å². The van der Waals surface area contributed by atoms with Gasteiger partial charge < -0.3 is 19.7 Å². The number of hydrogen-bond acceptors (Lipinski definition) is 4. The van der Waals surface area contributed by atoms with E-state index in [2.05, 4.69) is 29.4 Å². The first-order chi connectivity index (χ1) is 12.2. The summed E-state index contributed by atoms with van der Waals surface area (Å²) in [5.74, 6) is 0.844. The zero-order valence-electron chi connectivity index (χ0n) is 15.1. The smallest absolute Gasteiger partial charge is 0.258 e. The quantitative estimate of drug-likeness (QED) is 0.712. The fourth-order valence-electron chi connectivity index (χ4n) is 2.69. The molecule has 0 atom stereocenters. The van der Waals surface area contributed by atoms with Crippen molar-refractivity contribution in [2.24, 2.45) is 0 Å². The van der Waals surface area contributed by atoms with Crippen LogP contribution in [-0.2, 0) is 6.54 Å². The molecule has 0 unspecified atom stereocenters. The van der Waals surface area contributed by atoms with E-state index >= 15 is 0 Å². The van der Waals surface area contributed by atoms with Gasteiger partial charge in [-0.2, -0.15) is 0 Å². The van der Waals surface area contributed by atoms with Gasteiger partial charge in [-0.1, -0.05) is 36.4 Å². The molecule has 0 spiro atoms. The Balaban J connectivity index is 1.81. The number of hydrogen-bond donors (Lipinski definition) is 1. The van der Waals surface area contributed by atoms with Crippen LogP contribution in [0.5, 0.6) is 11.5 Å². The summed E-state index contributed by atoms with van der Waals surface area (Å²) in [5, 5.41) is 2.94. The second-order valence-electron chi connectivity index (χ2n) is 5.87. The van der Waals surface area contributed by atoms with Crippen molar-refractivity contribution in [1.82, 2.24) is 10.2 Å². The number of ether oxygens (including phenoxy) is 2. The van der Waals surface area contributed by atoms with E-state index in [1.54, 1.807) is 32.4 Å². The van der Waals surface area contributed by atoms with Crippen molar-refractivity contribution in [2.45, 2.75) is 13.0 Å². The van der Waals surface area contributed by atoms with Crippen LogP contribution >= 0.6 is 0 Å². The molecule has 25 heavy (non-hydrogen) atoms. The van der Waals surface area contributed by atoms with Crippen molar-refractivity contribution < 1.29 is 14.3 Å². The Bertz CT molecular complexity index is 652. The predicted octanol–water partition coefficient (Wildman–Crippen LogP) is 2.96. The van der Waals surface area contributed by atoms with Gasteiger partial charge in [0.05, 0.1) is 14.2 Å². The number of rotatable bonds is 9. The summed E-state index contributed by atoms with van der Waals surface area (Å²) < 4.78 is 10.5. The Morgan fingerprint density at radius 3 is 2.24 bits per heavy atom. The number of nitrogens with one attached hydrogen (secondary N) is 1. The number of amides is 1. The summed E-state index contributed by atoms with van der Waals surface area (Å²) in [4.78, 5) is 14.7. The van der Waals surface area contributed by atoms with Crippen LogP contribution in [0.3, 0.4) is 0 Å². The molecule has 5 nitrogen and oxygen atoms in total. The lowest BCUT2D eigenvalue weighted by atomic mass is 10.1. The fourth-order valence-corrected chi connectivity index (χ4v) is 2.69. The molecule has 0 aliphatic heterocycles. The normalized spacial score (nSPS) is 10.6. The zero-order chi connectivity index (χ0) is 18.1. The summed E-state index contributed by atoms with van der Waals surface area (Å²) in [6.07, 6.45) is 0.868. The van der Waals surface area contributed by atoms with Gasteiger partial charge >= 0.3 is 0 Å². The molecular weight excluding hydrogens is 316 g/mol. The average molecular weight is 342 g/mol. The van der Waals surface area contributed by atoms with Gasteiger partial charge in [-0.15, -0.1) is 0 Å². The second kappa shape index (κ2) is 9.69. The van der Waals surface area contributed by atoms with Crippen molar-refractivity contribution in [1.29, 1.82) is 0 Å². The van der Waals surface area contributed by atoms with E-state index in [4.69, 9.17) is 9.47 Å². The lowest BCUT2D eigenvalue weighted by Gasteiger charge is -2.17. The molecular formula is C20H26N2O3. The van der Waals surface area contributed by atoms with Gasteiger partial charge in [0.1, 0.15) is 17.1 Å². The van der Waals surface area contributed by atoms with Crippen LogP contribution in [0.1, 0.15) is 22.3 Å². The van der Waals surface area contributed by atoms with Crippen LogP contribution in [0.2, 0.25) is 0 Å². The van der Waals surface area contributed by atoms with Gasteiger partial charge in [0, 0.05) is 13.1 Å². The van der Waals surface area contributed by atoms with Crippen LogP contribution in [0.4, 0.5) is 0 Å². The Hall–Kier alpha value is -2.53. The third-order valence-corrected chi connectivity index (χ3v) is 3.95. The molecule has 0 saturated heterocycles. The zero-order valence-corrected chi connectivity index (χ0v) is 15.1. The van der Waals surface area contributed by atoms with E-state index in [1.807, 2.05) is 18.2 Å². The molecule has 0 saturated carbocycles. The molecule has 2 aromatic carbocycles. The summed E-state index contributed by atoms with van der Waals surface area (Å²) in [5.41, 5.74) is 1.72. The van der Waals surface area contributed by atoms with Crippen molar-refractivity contribution in [3.63, 3.8) is 0 Å². The summed E-state index contributed by atoms with van der Waals surface area (Å²) >= 11 is 0. The molecule has 0 aliphatic carbocycles. The monoisotopic (exact) mass is 342 g/mol. The molecule has 0 radical (unpaired) electrons. The van der Waals surface area contributed by atoms with Crippen LogP contribution in [0, 0.1) is 0 Å². The summed E-state index contributed by atoms with van der Waals surface area (Å²) in [6, 6.07) is 15.7. The minimum atomic E-state index is -0.181. The molecule has 5 heteroatoms. The highest BCUT2D eigenvalue weighted by atomic mass is 16.5. The van der Waals surface area contributed by atoms with E-state index in [0.29, 0.717) is 23.6 Å². The molecule has 1 amide bonds. The van der Waals surface area contributed by atoms with Crippen molar-refractivity contribution in [3.8, 4) is 11.5 Å². The third-order valence-electron chi connectivity index (χ3n) is 3.95. The Morgan fingerprint density at radius 1 is 1.00 bits per heavy atom. The highest BCUT2D eigenvalue weighted by Crippen LogP contribution is 2.27. The topological polar surface area (TPSA) is 50.8 Å². The lowest BCUT2D eigenvalue weighted by Crippen LogP contribution is -2.28. The van der Waals surface area contributed by atoms with E-state index < -0.39 is 0 Å². The van der Waals surface area contributed by atoms with Gasteiger partial charge in [0.15, 0.2) is 0 Å². The highest BCUT2D eigenvalue weighted by molar-refractivity contribution is 5.99. The first kappa shape index (κ1) is 18.8. The first-order valence-electron chi connectivity index (χ1n) is 8.37. The Morgan fingerprint density at radius 2 is 1.64 bits per heavy atom. The van der Waals surface area contributed by atoms with Crippen molar-refractivity contribution in [2.75, 3.05) is 34.4 Å². The van der Waals surface area contributed by atoms with E-state index in [9.17, 15) is 4.79 Å². The molecule has 2 aromatic rings. The number of carbonyl (C=O) groups excluding carboxylic acids is 1. The van der Waals surface area contributed by atoms with Gasteiger partial charge in [0.2, 0.25) is 0 Å². The molecule has 0 aromatic heterocycles.